The van der Waals surface area contributed by atoms with Gasteiger partial charge < -0.3 is 15.2 Å². The van der Waals surface area contributed by atoms with Crippen molar-refractivity contribution in [1.82, 2.24) is 25.0 Å². The van der Waals surface area contributed by atoms with Crippen LogP contribution in [0.5, 0.6) is 5.19 Å². The van der Waals surface area contributed by atoms with Gasteiger partial charge in [0.2, 0.25) is 0 Å². The zero-order valence-corrected chi connectivity index (χ0v) is 22.6. The van der Waals surface area contributed by atoms with E-state index in [0.29, 0.717) is 23.7 Å². The number of rotatable bonds is 8. The lowest BCUT2D eigenvalue weighted by atomic mass is 9.84. The monoisotopic (exact) mass is 547 g/mol. The molecule has 1 aliphatic carbocycles. The van der Waals surface area contributed by atoms with Gasteiger partial charge in [-0.15, -0.1) is 0 Å². The fourth-order valence-corrected chi connectivity index (χ4v) is 6.45. The van der Waals surface area contributed by atoms with Crippen molar-refractivity contribution in [2.24, 2.45) is 13.0 Å². The molecule has 38 heavy (non-hydrogen) atoms. The Morgan fingerprint density at radius 3 is 2.84 bits per heavy atom. The maximum Gasteiger partial charge on any atom is 0.278 e. The molecule has 2 aliphatic rings. The summed E-state index contributed by atoms with van der Waals surface area (Å²) in [5, 5.41) is 19.4. The number of aryl methyl sites for hydroxylation is 1. The van der Waals surface area contributed by atoms with Crippen molar-refractivity contribution in [2.75, 3.05) is 26.2 Å². The number of carbonyl (C=O) groups excluding carboxylic acids is 1. The maximum atomic E-state index is 13.1. The van der Waals surface area contributed by atoms with Gasteiger partial charge in [-0.3, -0.25) is 14.4 Å². The molecular weight excluding hydrogens is 512 g/mol. The molecule has 1 unspecified atom stereocenters. The molecule has 3 aromatic rings. The molecule has 2 N–H and O–H groups in total. The minimum atomic E-state index is -2.92. The molecule has 1 saturated carbocycles. The Kier molecular flexibility index (Phi) is 7.97. The van der Waals surface area contributed by atoms with Crippen LogP contribution in [0.2, 0.25) is 0 Å². The van der Waals surface area contributed by atoms with Crippen LogP contribution >= 0.6 is 11.3 Å². The Bertz CT molecular complexity index is 1270. The summed E-state index contributed by atoms with van der Waals surface area (Å²) >= 11 is 1.25. The first kappa shape index (κ1) is 27.0. The molecule has 1 aromatic carbocycles. The highest BCUT2D eigenvalue weighted by molar-refractivity contribution is 7.13. The fraction of sp³-hybridized carbons (Fsp3) is 0.593. The molecule has 0 bridgehead atoms. The lowest BCUT2D eigenvalue weighted by Gasteiger charge is -2.31. The number of thiazole rings is 1. The number of amides is 1. The molecule has 206 valence electrons. The van der Waals surface area contributed by atoms with Crippen LogP contribution in [0.3, 0.4) is 0 Å². The van der Waals surface area contributed by atoms with Crippen molar-refractivity contribution >= 4 is 28.1 Å². The zero-order valence-electron chi connectivity index (χ0n) is 21.8. The van der Waals surface area contributed by atoms with E-state index in [4.69, 9.17) is 4.74 Å². The Morgan fingerprint density at radius 2 is 2.08 bits per heavy atom. The number of aliphatic hydroxyl groups excluding tert-OH is 1. The minimum Gasteiger partial charge on any atom is -0.464 e. The highest BCUT2D eigenvalue weighted by Gasteiger charge is 2.29. The number of benzene rings is 1. The van der Waals surface area contributed by atoms with Gasteiger partial charge in [-0.05, 0) is 63.1 Å². The van der Waals surface area contributed by atoms with E-state index < -0.39 is 18.6 Å². The number of hydrogen-bond donors (Lipinski definition) is 2. The average Bonchev–Trinajstić information content (AvgIpc) is 3.43. The van der Waals surface area contributed by atoms with Crippen molar-refractivity contribution in [1.29, 1.82) is 0 Å². The van der Waals surface area contributed by atoms with Crippen LogP contribution in [0.15, 0.2) is 24.4 Å². The van der Waals surface area contributed by atoms with Crippen molar-refractivity contribution < 1.29 is 23.4 Å². The second kappa shape index (κ2) is 11.2. The molecule has 0 saturated heterocycles. The molecule has 1 aliphatic heterocycles. The van der Waals surface area contributed by atoms with Gasteiger partial charge in [0, 0.05) is 49.6 Å². The van der Waals surface area contributed by atoms with Gasteiger partial charge in [-0.2, -0.15) is 5.10 Å². The van der Waals surface area contributed by atoms with Crippen molar-refractivity contribution in [2.45, 2.75) is 63.5 Å². The molecule has 2 aromatic heterocycles. The summed E-state index contributed by atoms with van der Waals surface area (Å²) in [6.07, 6.45) is 6.95. The number of nitrogens with one attached hydrogen (secondary N) is 1. The quantitative estimate of drug-likeness (QED) is 0.436. The van der Waals surface area contributed by atoms with E-state index >= 15 is 0 Å². The molecule has 1 atom stereocenters. The molecule has 0 radical (unpaired) electrons. The normalized spacial score (nSPS) is 22.7. The number of fused-ring (bicyclic) bond motifs is 2. The van der Waals surface area contributed by atoms with Crippen LogP contribution in [0.4, 0.5) is 8.78 Å². The van der Waals surface area contributed by atoms with Gasteiger partial charge in [0.1, 0.15) is 6.10 Å². The van der Waals surface area contributed by atoms with E-state index in [9.17, 15) is 18.7 Å². The van der Waals surface area contributed by atoms with E-state index in [1.807, 2.05) is 31.4 Å². The maximum absolute atomic E-state index is 13.1. The van der Waals surface area contributed by atoms with Gasteiger partial charge in [0.25, 0.3) is 17.0 Å². The van der Waals surface area contributed by atoms with Gasteiger partial charge in [-0.25, -0.2) is 13.8 Å². The SMILES string of the molecule is Cn1cc2c(C(=O)NC3CCC(CCN4CCc5sc(OCC(C)(F)F)nc5C(O)C4)CC3)cccc2n1. The molecule has 3 heterocycles. The van der Waals surface area contributed by atoms with Crippen LogP contribution < -0.4 is 10.1 Å². The van der Waals surface area contributed by atoms with Gasteiger partial charge in [-0.1, -0.05) is 17.4 Å². The zero-order chi connectivity index (χ0) is 26.9. The fourth-order valence-electron chi connectivity index (χ4n) is 5.50. The number of nitrogens with zero attached hydrogens (tertiary/aromatic N) is 4. The second-order valence-corrected chi connectivity index (χ2v) is 11.8. The van der Waals surface area contributed by atoms with Crippen LogP contribution in [0, 0.1) is 5.92 Å². The number of aliphatic hydroxyl groups is 1. The minimum absolute atomic E-state index is 0.0383. The Balaban J connectivity index is 1.06. The number of alkyl halides is 2. The highest BCUT2D eigenvalue weighted by Crippen LogP contribution is 2.34. The smallest absolute Gasteiger partial charge is 0.278 e. The van der Waals surface area contributed by atoms with Crippen molar-refractivity contribution in [3.63, 3.8) is 0 Å². The summed E-state index contributed by atoms with van der Waals surface area (Å²) in [5.41, 5.74) is 2.05. The van der Waals surface area contributed by atoms with Crippen LogP contribution in [0.1, 0.15) is 66.1 Å². The van der Waals surface area contributed by atoms with E-state index in [1.54, 1.807) is 4.68 Å². The topological polar surface area (TPSA) is 92.5 Å². The van der Waals surface area contributed by atoms with E-state index in [-0.39, 0.29) is 17.1 Å². The van der Waals surface area contributed by atoms with Gasteiger partial charge in [0.05, 0.1) is 16.8 Å². The predicted molar refractivity (Wildman–Crippen MR) is 142 cm³/mol. The summed E-state index contributed by atoms with van der Waals surface area (Å²) in [6, 6.07) is 5.82. The number of hydrogen-bond acceptors (Lipinski definition) is 7. The first-order chi connectivity index (χ1) is 18.1. The number of halogens is 2. The van der Waals surface area contributed by atoms with Crippen LogP contribution in [-0.2, 0) is 13.5 Å². The first-order valence-electron chi connectivity index (χ1n) is 13.3. The molecule has 5 rings (SSSR count). The summed E-state index contributed by atoms with van der Waals surface area (Å²) in [5.74, 6) is -2.37. The van der Waals surface area contributed by atoms with Gasteiger partial charge >= 0.3 is 0 Å². The third kappa shape index (κ3) is 6.50. The molecule has 11 heteroatoms. The van der Waals surface area contributed by atoms with Crippen LogP contribution in [0.25, 0.3) is 10.9 Å². The summed E-state index contributed by atoms with van der Waals surface area (Å²) in [4.78, 5) is 20.4. The summed E-state index contributed by atoms with van der Waals surface area (Å²) in [7, 11) is 1.86. The van der Waals surface area contributed by atoms with Gasteiger partial charge in [0.15, 0.2) is 6.61 Å². The lowest BCUT2D eigenvalue weighted by molar-refractivity contribution is -0.0231. The number of aromatic nitrogens is 3. The van der Waals surface area contributed by atoms with Crippen molar-refractivity contribution in [3.05, 3.63) is 40.5 Å². The lowest BCUT2D eigenvalue weighted by Crippen LogP contribution is -2.38. The third-order valence-electron chi connectivity index (χ3n) is 7.50. The van der Waals surface area contributed by atoms with Crippen molar-refractivity contribution in [3.8, 4) is 5.19 Å². The molecular formula is C27H35F2N5O3S. The Hall–Kier alpha value is -2.63. The number of carbonyl (C=O) groups is 1. The third-order valence-corrected chi connectivity index (χ3v) is 8.55. The summed E-state index contributed by atoms with van der Waals surface area (Å²) < 4.78 is 33.1. The van der Waals surface area contributed by atoms with Crippen LogP contribution in [-0.4, -0.2) is 68.9 Å². The molecule has 8 nitrogen and oxygen atoms in total. The number of β-amino-alcohol motifs (C(OH)–C–C–N with tert-alkyl or cyclic N) is 1. The van der Waals surface area contributed by atoms with E-state index in [0.717, 1.165) is 74.3 Å². The standard InChI is InChI=1S/C27H35F2N5O3S/c1-27(28,29)16-37-26-31-24-22(35)15-34(13-11-23(24)38-26)12-10-17-6-8-18(9-7-17)30-25(36)19-4-3-5-21-20(19)14-33(2)32-21/h3-5,14,17-18,22,35H,6-13,15-16H2,1-2H3,(H,30,36). The largest absolute Gasteiger partial charge is 0.464 e. The summed E-state index contributed by atoms with van der Waals surface area (Å²) in [6.45, 7) is 2.26. The predicted octanol–water partition coefficient (Wildman–Crippen LogP) is 4.33. The number of ether oxygens (including phenoxy) is 1. The molecule has 1 fully saturated rings. The average molecular weight is 548 g/mol. The molecule has 0 spiro atoms. The Labute approximate surface area is 225 Å². The first-order valence-corrected chi connectivity index (χ1v) is 14.1. The second-order valence-electron chi connectivity index (χ2n) is 10.7. The van der Waals surface area contributed by atoms with E-state index in [2.05, 4.69) is 20.3 Å². The van der Waals surface area contributed by atoms with E-state index in [1.165, 1.54) is 11.3 Å². The molecule has 1 amide bonds. The Morgan fingerprint density at radius 1 is 1.29 bits per heavy atom. The highest BCUT2D eigenvalue weighted by atomic mass is 32.1.